The van der Waals surface area contributed by atoms with E-state index in [0.717, 1.165) is 12.2 Å². The maximum Gasteiger partial charge on any atom is 0.125 e. The lowest BCUT2D eigenvalue weighted by Gasteiger charge is -2.13. The summed E-state index contributed by atoms with van der Waals surface area (Å²) in [5, 5.41) is 12.1. The number of pyridine rings is 1. The van der Waals surface area contributed by atoms with Gasteiger partial charge in [-0.3, -0.25) is 0 Å². The molecule has 0 saturated carbocycles. The summed E-state index contributed by atoms with van der Waals surface area (Å²) in [7, 11) is 1.86. The van der Waals surface area contributed by atoms with E-state index in [1.54, 1.807) is 18.5 Å². The van der Waals surface area contributed by atoms with Gasteiger partial charge in [0.15, 0.2) is 0 Å². The number of hydrogen-bond acceptors (Lipinski definition) is 5. The van der Waals surface area contributed by atoms with Crippen molar-refractivity contribution < 1.29 is 0 Å². The van der Waals surface area contributed by atoms with Crippen LogP contribution in [0.1, 0.15) is 177 Å². The van der Waals surface area contributed by atoms with E-state index in [1.807, 2.05) is 60.7 Å². The van der Waals surface area contributed by atoms with Crippen molar-refractivity contribution in [1.29, 1.82) is 5.41 Å². The summed E-state index contributed by atoms with van der Waals surface area (Å²) in [6.45, 7) is 41.8. The molecule has 5 heteroatoms. The van der Waals surface area contributed by atoms with Gasteiger partial charge in [0.2, 0.25) is 0 Å². The van der Waals surface area contributed by atoms with Gasteiger partial charge >= 0.3 is 0 Å². The van der Waals surface area contributed by atoms with Crippen molar-refractivity contribution in [2.45, 2.75) is 174 Å². The van der Waals surface area contributed by atoms with E-state index in [4.69, 9.17) is 11.1 Å². The first-order chi connectivity index (χ1) is 29.1. The second-order valence-corrected chi connectivity index (χ2v) is 12.6. The molecule has 60 heavy (non-hydrogen) atoms. The highest BCUT2D eigenvalue weighted by Crippen LogP contribution is 2.32. The monoisotopic (exact) mass is 849 g/mol. The van der Waals surface area contributed by atoms with Crippen LogP contribution in [0.2, 0.25) is 0 Å². The molecule has 0 spiro atoms. The number of allylic oxidation sites excluding steroid dienone is 1. The zero-order valence-electron chi connectivity index (χ0n) is 42.6. The average molecular weight is 850 g/mol. The van der Waals surface area contributed by atoms with Gasteiger partial charge < -0.3 is 16.5 Å². The Balaban J connectivity index is -0.000000123. The van der Waals surface area contributed by atoms with Crippen LogP contribution in [0.15, 0.2) is 105 Å². The van der Waals surface area contributed by atoms with Gasteiger partial charge in [-0.2, -0.15) is 12.6 Å². The van der Waals surface area contributed by atoms with Crippen molar-refractivity contribution >= 4 is 35.4 Å². The van der Waals surface area contributed by atoms with Crippen LogP contribution in [-0.4, -0.2) is 31.0 Å². The van der Waals surface area contributed by atoms with E-state index >= 15 is 0 Å². The van der Waals surface area contributed by atoms with E-state index in [9.17, 15) is 0 Å². The quantitative estimate of drug-likeness (QED) is 0.0690. The first-order valence-corrected chi connectivity index (χ1v) is 24.0. The molecule has 3 aromatic carbocycles. The van der Waals surface area contributed by atoms with Crippen LogP contribution >= 0.6 is 12.6 Å². The summed E-state index contributed by atoms with van der Waals surface area (Å²) >= 11 is 3.53. The molecule has 4 N–H and O–H groups in total. The second-order valence-electron chi connectivity index (χ2n) is 12.6. The van der Waals surface area contributed by atoms with Crippen molar-refractivity contribution in [1.82, 2.24) is 4.98 Å². The molecule has 346 valence electrons. The van der Waals surface area contributed by atoms with Crippen molar-refractivity contribution in [3.63, 3.8) is 0 Å². The smallest absolute Gasteiger partial charge is 0.125 e. The number of hydrogen-bond donors (Lipinski definition) is 4. The second kappa shape index (κ2) is 62.0. The minimum Gasteiger partial charge on any atom is -0.373 e. The molecule has 4 nitrogen and oxygen atoms in total. The van der Waals surface area contributed by atoms with Crippen LogP contribution in [0.3, 0.4) is 0 Å². The van der Waals surface area contributed by atoms with Crippen molar-refractivity contribution in [3.8, 4) is 11.1 Å². The van der Waals surface area contributed by atoms with Gasteiger partial charge in [0, 0.05) is 13.2 Å². The van der Waals surface area contributed by atoms with Crippen LogP contribution in [0.25, 0.3) is 21.9 Å². The lowest BCUT2D eigenvalue weighted by atomic mass is 9.92. The number of rotatable bonds is 11. The van der Waals surface area contributed by atoms with Crippen LogP contribution in [-0.2, 0) is 6.42 Å². The predicted octanol–water partition coefficient (Wildman–Crippen LogP) is 18.4. The summed E-state index contributed by atoms with van der Waals surface area (Å²) in [5.41, 5.74) is 11.7. The molecule has 1 unspecified atom stereocenters. The molecule has 0 bridgehead atoms. The third-order valence-corrected chi connectivity index (χ3v) is 7.99. The lowest BCUT2D eigenvalue weighted by Crippen LogP contribution is -1.97. The topological polar surface area (TPSA) is 74.8 Å². The number of benzene rings is 3. The molecule has 1 aromatic heterocycles. The Bertz CT molecular complexity index is 1380. The Morgan fingerprint density at radius 1 is 0.750 bits per heavy atom. The van der Waals surface area contributed by atoms with Crippen LogP contribution in [0.4, 0.5) is 5.82 Å². The first kappa shape index (κ1) is 70.9. The van der Waals surface area contributed by atoms with Crippen molar-refractivity contribution in [2.24, 2.45) is 5.73 Å². The maximum absolute atomic E-state index is 6.40. The Labute approximate surface area is 381 Å². The lowest BCUT2D eigenvalue weighted by molar-refractivity contribution is 0.734. The summed E-state index contributed by atoms with van der Waals surface area (Å²) < 4.78 is 0. The SMILES string of the molecule is C=C.C=CC.CC.CC.CCCC.CCCC.CCCCC.CCc1ccc(-c2ccc(C(C)CC)cc2)c2ccccc12.CNc1cc(C)ccn1.CS.N=CCCN. The van der Waals surface area contributed by atoms with E-state index in [0.29, 0.717) is 18.9 Å². The fourth-order valence-corrected chi connectivity index (χ4v) is 4.26. The molecule has 0 aliphatic rings. The number of fused-ring (bicyclic) bond motifs is 1. The summed E-state index contributed by atoms with van der Waals surface area (Å²) in [4.78, 5) is 4.05. The molecule has 0 saturated heterocycles. The van der Waals surface area contributed by atoms with Crippen LogP contribution < -0.4 is 11.1 Å². The number of nitrogens with two attached hydrogens (primary N) is 1. The number of thiol groups is 1. The number of nitrogens with zero attached hydrogens (tertiary/aromatic N) is 1. The standard InChI is InChI=1S/C22H24.C7H10N2.C5H12.2C4H10.C3H8N2.C3H6.2C2H6.C2H4.CH4S/c1-4-16(3)18-10-12-19(13-11-18)21-15-14-17(5-2)20-8-6-7-9-22(20)21;1-6-3-4-9-7(5-6)8-2;1-3-5-4-2;2*1-3-4-2;4-2-1-3-5;1-3-2;4*1-2/h6-16H,4-5H2,1-3H3;3-5H,1-2H3,(H,8,9);3-5H2,1-2H3;2*3-4H2,1-2H3;2,4H,1,3,5H2;3H,1H2,2H3;2*1-2H3;1-2H2;2H,1H3. The average Bonchev–Trinajstić information content (AvgIpc) is 3.32. The number of anilines is 1. The van der Waals surface area contributed by atoms with Gasteiger partial charge in [0.25, 0.3) is 0 Å². The van der Waals surface area contributed by atoms with E-state index in [1.165, 1.54) is 96.2 Å². The van der Waals surface area contributed by atoms with Gasteiger partial charge in [-0.15, -0.1) is 19.7 Å². The summed E-state index contributed by atoms with van der Waals surface area (Å²) in [6, 6.07) is 26.4. The normalized spacial score (nSPS) is 8.85. The third kappa shape index (κ3) is 42.5. The van der Waals surface area contributed by atoms with Crippen LogP contribution in [0, 0.1) is 12.3 Å². The van der Waals surface area contributed by atoms with Gasteiger partial charge in [-0.1, -0.05) is 202 Å². The van der Waals surface area contributed by atoms with Crippen molar-refractivity contribution in [3.05, 3.63) is 121 Å². The summed E-state index contributed by atoms with van der Waals surface area (Å²) in [6.07, 6.45) is 18.9. The van der Waals surface area contributed by atoms with Crippen LogP contribution in [0.5, 0.6) is 0 Å². The fourth-order valence-electron chi connectivity index (χ4n) is 4.26. The Hall–Kier alpha value is -3.67. The minimum atomic E-state index is 0.601. The molecule has 4 aromatic rings. The number of unbranched alkanes of at least 4 members (excludes halogenated alkanes) is 4. The van der Waals surface area contributed by atoms with Gasteiger partial charge in [0.1, 0.15) is 5.82 Å². The van der Waals surface area contributed by atoms with E-state index in [2.05, 4.69) is 166 Å². The fraction of sp³-hybridized carbons (Fsp3) is 0.527. The van der Waals surface area contributed by atoms with Gasteiger partial charge in [-0.25, -0.2) is 4.98 Å². The summed E-state index contributed by atoms with van der Waals surface area (Å²) in [5.74, 6) is 1.56. The highest BCUT2D eigenvalue weighted by Gasteiger charge is 2.08. The molecule has 0 amide bonds. The largest absolute Gasteiger partial charge is 0.373 e. The zero-order chi connectivity index (χ0) is 48.0. The van der Waals surface area contributed by atoms with Gasteiger partial charge in [-0.05, 0) is 109 Å². The molecule has 1 atom stereocenters. The Kier molecular flexibility index (Phi) is 73.2. The highest BCUT2D eigenvalue weighted by atomic mass is 32.1. The Morgan fingerprint density at radius 2 is 1.22 bits per heavy atom. The molecule has 0 aliphatic heterocycles. The van der Waals surface area contributed by atoms with E-state index in [-0.39, 0.29) is 0 Å². The predicted molar refractivity (Wildman–Crippen MR) is 290 cm³/mol. The number of aromatic nitrogens is 1. The third-order valence-electron chi connectivity index (χ3n) is 7.99. The zero-order valence-corrected chi connectivity index (χ0v) is 43.5. The van der Waals surface area contributed by atoms with E-state index < -0.39 is 0 Å². The number of nitrogens with one attached hydrogen (secondary N) is 2. The maximum atomic E-state index is 6.40. The minimum absolute atomic E-state index is 0.601. The number of aryl methyl sites for hydroxylation is 2. The van der Waals surface area contributed by atoms with Gasteiger partial charge in [0.05, 0.1) is 0 Å². The molecule has 4 rings (SSSR count). The molecular weight excluding hydrogens is 749 g/mol. The van der Waals surface area contributed by atoms with Crippen molar-refractivity contribution in [2.75, 3.05) is 25.2 Å². The highest BCUT2D eigenvalue weighted by molar-refractivity contribution is 7.79. The Morgan fingerprint density at radius 3 is 1.52 bits per heavy atom. The molecule has 0 radical (unpaired) electrons. The first-order valence-electron chi connectivity index (χ1n) is 23.1. The molecule has 0 fully saturated rings. The molecule has 1 heterocycles. The molecular formula is C55H100N4S. The molecule has 0 aliphatic carbocycles.